The normalized spacial score (nSPS) is 19.0. The van der Waals surface area contributed by atoms with Gasteiger partial charge in [-0.25, -0.2) is 14.4 Å². The van der Waals surface area contributed by atoms with Crippen molar-refractivity contribution in [2.45, 2.75) is 39.8 Å². The van der Waals surface area contributed by atoms with E-state index in [4.69, 9.17) is 4.74 Å². The smallest absolute Gasteiger partial charge is 0.338 e. The van der Waals surface area contributed by atoms with Crippen molar-refractivity contribution in [1.82, 2.24) is 25.3 Å². The fourth-order valence-electron chi connectivity index (χ4n) is 4.40. The molecule has 3 rings (SSSR count). The van der Waals surface area contributed by atoms with E-state index in [1.165, 1.54) is 0 Å². The minimum absolute atomic E-state index is 0.0732. The summed E-state index contributed by atoms with van der Waals surface area (Å²) in [4.78, 5) is 44.3. The topological polar surface area (TPSA) is 94.2 Å². The fourth-order valence-corrected chi connectivity index (χ4v) is 4.40. The van der Waals surface area contributed by atoms with Crippen molar-refractivity contribution in [3.63, 3.8) is 0 Å². The average molecular weight is 484 g/mol. The van der Waals surface area contributed by atoms with E-state index in [2.05, 4.69) is 22.1 Å². The standard InChI is InChI=1S/C26H37N5O4/c1-6-11-31-21(17-29-12-14-30(15-13-29)25(33)27-18(3)4)22(24(32)35-7-2)23(28-26(31)34)20-10-8-9-19(5)16-20/h6,8-10,16,18,23H,1,7,11-15,17H2,2-5H3,(H,27,33)(H,28,34). The maximum absolute atomic E-state index is 13.3. The SMILES string of the molecule is C=CCN1C(=O)NC(c2cccc(C)c2)C(C(=O)OCC)=C1CN1CCN(C(=O)NC(C)C)CC1. The third-order valence-corrected chi connectivity index (χ3v) is 6.07. The van der Waals surface area contributed by atoms with E-state index in [0.717, 1.165) is 11.1 Å². The summed E-state index contributed by atoms with van der Waals surface area (Å²) in [6.07, 6.45) is 1.64. The molecular weight excluding hydrogens is 446 g/mol. The second-order valence-corrected chi connectivity index (χ2v) is 9.14. The Bertz CT molecular complexity index is 982. The number of nitrogens with zero attached hydrogens (tertiary/aromatic N) is 3. The molecular formula is C26H37N5O4. The highest BCUT2D eigenvalue weighted by Crippen LogP contribution is 2.32. The van der Waals surface area contributed by atoms with Gasteiger partial charge < -0.3 is 20.3 Å². The van der Waals surface area contributed by atoms with Crippen LogP contribution in [-0.4, -0.2) is 84.6 Å². The van der Waals surface area contributed by atoms with Gasteiger partial charge in [-0.1, -0.05) is 35.9 Å². The Balaban J connectivity index is 1.94. The first-order valence-corrected chi connectivity index (χ1v) is 12.2. The largest absolute Gasteiger partial charge is 0.463 e. The molecule has 1 aromatic carbocycles. The van der Waals surface area contributed by atoms with Crippen LogP contribution in [-0.2, 0) is 9.53 Å². The van der Waals surface area contributed by atoms with Crippen LogP contribution >= 0.6 is 0 Å². The molecule has 0 saturated carbocycles. The molecule has 1 fully saturated rings. The van der Waals surface area contributed by atoms with Crippen LogP contribution in [0.2, 0.25) is 0 Å². The number of carbonyl (C=O) groups excluding carboxylic acids is 3. The zero-order valence-corrected chi connectivity index (χ0v) is 21.2. The molecule has 9 nitrogen and oxygen atoms in total. The Labute approximate surface area is 207 Å². The van der Waals surface area contributed by atoms with Crippen molar-refractivity contribution in [1.29, 1.82) is 0 Å². The second kappa shape index (κ2) is 11.9. The first-order chi connectivity index (χ1) is 16.7. The fraction of sp³-hybridized carbons (Fsp3) is 0.500. The predicted octanol–water partition coefficient (Wildman–Crippen LogP) is 2.80. The van der Waals surface area contributed by atoms with Gasteiger partial charge in [-0.05, 0) is 33.3 Å². The number of rotatable bonds is 8. The van der Waals surface area contributed by atoms with Crippen molar-refractivity contribution in [2.75, 3.05) is 45.9 Å². The maximum Gasteiger partial charge on any atom is 0.338 e. The minimum Gasteiger partial charge on any atom is -0.463 e. The monoisotopic (exact) mass is 483 g/mol. The summed E-state index contributed by atoms with van der Waals surface area (Å²) in [6, 6.07) is 6.87. The first kappa shape index (κ1) is 26.3. The van der Waals surface area contributed by atoms with Crippen LogP contribution < -0.4 is 10.6 Å². The highest BCUT2D eigenvalue weighted by molar-refractivity contribution is 5.95. The molecule has 190 valence electrons. The molecule has 4 amide bonds. The van der Waals surface area contributed by atoms with Crippen molar-refractivity contribution in [3.05, 3.63) is 59.3 Å². The Morgan fingerprint density at radius 3 is 2.57 bits per heavy atom. The predicted molar refractivity (Wildman–Crippen MR) is 135 cm³/mol. The molecule has 0 radical (unpaired) electrons. The van der Waals surface area contributed by atoms with Crippen LogP contribution in [0, 0.1) is 6.92 Å². The van der Waals surface area contributed by atoms with Gasteiger partial charge in [0.15, 0.2) is 0 Å². The molecule has 1 atom stereocenters. The molecule has 1 saturated heterocycles. The summed E-state index contributed by atoms with van der Waals surface area (Å²) in [7, 11) is 0. The average Bonchev–Trinajstić information content (AvgIpc) is 2.81. The second-order valence-electron chi connectivity index (χ2n) is 9.14. The zero-order valence-electron chi connectivity index (χ0n) is 21.2. The maximum atomic E-state index is 13.3. The number of carbonyl (C=O) groups is 3. The molecule has 0 aromatic heterocycles. The number of benzene rings is 1. The number of amides is 4. The van der Waals surface area contributed by atoms with Gasteiger partial charge in [-0.15, -0.1) is 6.58 Å². The summed E-state index contributed by atoms with van der Waals surface area (Å²) >= 11 is 0. The zero-order chi connectivity index (χ0) is 25.5. The summed E-state index contributed by atoms with van der Waals surface area (Å²) in [6.45, 7) is 14.7. The van der Waals surface area contributed by atoms with Crippen molar-refractivity contribution in [2.24, 2.45) is 0 Å². The molecule has 2 aliphatic heterocycles. The van der Waals surface area contributed by atoms with Gasteiger partial charge in [-0.3, -0.25) is 9.80 Å². The van der Waals surface area contributed by atoms with Crippen molar-refractivity contribution >= 4 is 18.0 Å². The highest BCUT2D eigenvalue weighted by Gasteiger charge is 2.38. The third kappa shape index (κ3) is 6.42. The van der Waals surface area contributed by atoms with Gasteiger partial charge in [0.25, 0.3) is 0 Å². The number of esters is 1. The lowest BCUT2D eigenvalue weighted by atomic mass is 9.93. The van der Waals surface area contributed by atoms with E-state index in [9.17, 15) is 14.4 Å². The summed E-state index contributed by atoms with van der Waals surface area (Å²) in [5.41, 5.74) is 2.90. The summed E-state index contributed by atoms with van der Waals surface area (Å²) in [5.74, 6) is -0.446. The van der Waals surface area contributed by atoms with Crippen molar-refractivity contribution in [3.8, 4) is 0 Å². The highest BCUT2D eigenvalue weighted by atomic mass is 16.5. The van der Waals surface area contributed by atoms with E-state index in [1.807, 2.05) is 45.0 Å². The molecule has 0 aliphatic carbocycles. The number of piperazine rings is 1. The number of nitrogens with one attached hydrogen (secondary N) is 2. The Morgan fingerprint density at radius 2 is 1.97 bits per heavy atom. The quantitative estimate of drug-likeness (QED) is 0.438. The Hall–Kier alpha value is -3.33. The molecule has 2 aliphatic rings. The van der Waals surface area contributed by atoms with Crippen molar-refractivity contribution < 1.29 is 19.1 Å². The molecule has 0 bridgehead atoms. The summed E-state index contributed by atoms with van der Waals surface area (Å²) in [5, 5.41) is 5.92. The number of ether oxygens (including phenoxy) is 1. The van der Waals surface area contributed by atoms with Gasteiger partial charge in [-0.2, -0.15) is 0 Å². The number of hydrogen-bond donors (Lipinski definition) is 2. The van der Waals surface area contributed by atoms with Crippen LogP contribution in [0.1, 0.15) is 37.9 Å². The molecule has 1 aromatic rings. The van der Waals surface area contributed by atoms with Crippen LogP contribution in [0.15, 0.2) is 48.2 Å². The van der Waals surface area contributed by atoms with Crippen LogP contribution in [0.3, 0.4) is 0 Å². The lowest BCUT2D eigenvalue weighted by molar-refractivity contribution is -0.139. The van der Waals surface area contributed by atoms with Crippen LogP contribution in [0.4, 0.5) is 9.59 Å². The Morgan fingerprint density at radius 1 is 1.26 bits per heavy atom. The molecule has 0 spiro atoms. The lowest BCUT2D eigenvalue weighted by Crippen LogP contribution is -2.55. The van der Waals surface area contributed by atoms with Gasteiger partial charge in [0.05, 0.1) is 18.2 Å². The number of hydrogen-bond acceptors (Lipinski definition) is 5. The van der Waals surface area contributed by atoms with E-state index in [-0.39, 0.29) is 31.3 Å². The number of urea groups is 2. The summed E-state index contributed by atoms with van der Waals surface area (Å²) < 4.78 is 5.45. The first-order valence-electron chi connectivity index (χ1n) is 12.2. The van der Waals surface area contributed by atoms with Gasteiger partial charge in [0.1, 0.15) is 0 Å². The van der Waals surface area contributed by atoms with E-state index in [1.54, 1.807) is 22.8 Å². The van der Waals surface area contributed by atoms with E-state index >= 15 is 0 Å². The Kier molecular flexibility index (Phi) is 8.92. The molecule has 1 unspecified atom stereocenters. The third-order valence-electron chi connectivity index (χ3n) is 6.07. The lowest BCUT2D eigenvalue weighted by Gasteiger charge is -2.40. The van der Waals surface area contributed by atoms with Gasteiger partial charge >= 0.3 is 18.0 Å². The van der Waals surface area contributed by atoms with E-state index < -0.39 is 12.0 Å². The van der Waals surface area contributed by atoms with E-state index in [0.29, 0.717) is 44.0 Å². The molecule has 9 heteroatoms. The number of aryl methyl sites for hydroxylation is 1. The molecule has 2 heterocycles. The van der Waals surface area contributed by atoms with Crippen LogP contribution in [0.5, 0.6) is 0 Å². The molecule has 2 N–H and O–H groups in total. The van der Waals surface area contributed by atoms with Gasteiger partial charge in [0, 0.05) is 51.0 Å². The molecule has 35 heavy (non-hydrogen) atoms. The van der Waals surface area contributed by atoms with Crippen LogP contribution in [0.25, 0.3) is 0 Å². The van der Waals surface area contributed by atoms with Gasteiger partial charge in [0.2, 0.25) is 0 Å². The minimum atomic E-state index is -0.615.